The van der Waals surface area contributed by atoms with Gasteiger partial charge in [-0.1, -0.05) is 36.4 Å². The van der Waals surface area contributed by atoms with E-state index in [2.05, 4.69) is 39.0 Å². The predicted octanol–water partition coefficient (Wildman–Crippen LogP) is 4.61. The van der Waals surface area contributed by atoms with Gasteiger partial charge in [0.05, 0.1) is 11.3 Å². The SMILES string of the molecule is CC(=O)c1ccc(-c2cccc3c(=O)[nH]c(O)c(C=Nc4ccc(N5CCN(C)CC5)cc4)c23)cc1. The maximum atomic E-state index is 12.6. The minimum absolute atomic E-state index is 0.0139. The molecule has 5 rings (SSSR count). The van der Waals surface area contributed by atoms with Crippen LogP contribution in [-0.2, 0) is 0 Å². The van der Waals surface area contributed by atoms with Gasteiger partial charge in [-0.05, 0) is 55.4 Å². The maximum Gasteiger partial charge on any atom is 0.258 e. The van der Waals surface area contributed by atoms with E-state index in [1.165, 1.54) is 6.92 Å². The Bertz CT molecular complexity index is 1500. The van der Waals surface area contributed by atoms with Crippen LogP contribution in [0.3, 0.4) is 0 Å². The van der Waals surface area contributed by atoms with E-state index in [-0.39, 0.29) is 17.2 Å². The molecular weight excluding hydrogens is 452 g/mol. The summed E-state index contributed by atoms with van der Waals surface area (Å²) in [5.41, 5.74) is 4.18. The number of fused-ring (bicyclic) bond motifs is 1. The van der Waals surface area contributed by atoms with Crippen molar-refractivity contribution < 1.29 is 9.90 Å². The van der Waals surface area contributed by atoms with Crippen LogP contribution in [0.4, 0.5) is 11.4 Å². The Kier molecular flexibility index (Phi) is 6.40. The zero-order chi connectivity index (χ0) is 25.2. The van der Waals surface area contributed by atoms with Crippen molar-refractivity contribution in [1.82, 2.24) is 9.88 Å². The third-order valence-electron chi connectivity index (χ3n) is 6.73. The summed E-state index contributed by atoms with van der Waals surface area (Å²) in [5.74, 6) is -0.252. The number of Topliss-reactive ketones (excluding diaryl/α,β-unsaturated/α-hetero) is 1. The number of rotatable bonds is 5. The highest BCUT2D eigenvalue weighted by Gasteiger charge is 2.16. The molecule has 3 aromatic carbocycles. The number of aromatic amines is 1. The number of ketones is 1. The monoisotopic (exact) mass is 480 g/mol. The van der Waals surface area contributed by atoms with Crippen LogP contribution in [0.15, 0.2) is 76.5 Å². The van der Waals surface area contributed by atoms with Crippen LogP contribution in [-0.4, -0.2) is 60.2 Å². The molecule has 1 fully saturated rings. The second-order valence-electron chi connectivity index (χ2n) is 9.14. The summed E-state index contributed by atoms with van der Waals surface area (Å²) in [6, 6.07) is 20.7. The van der Waals surface area contributed by atoms with Crippen molar-refractivity contribution in [2.24, 2.45) is 4.99 Å². The zero-order valence-electron chi connectivity index (χ0n) is 20.4. The number of aromatic nitrogens is 1. The first-order valence-electron chi connectivity index (χ1n) is 12.0. The Morgan fingerprint density at radius 2 is 1.67 bits per heavy atom. The molecule has 0 spiro atoms. The third kappa shape index (κ3) is 4.65. The van der Waals surface area contributed by atoms with Crippen LogP contribution in [0.2, 0.25) is 0 Å². The second-order valence-corrected chi connectivity index (χ2v) is 9.14. The molecule has 0 bridgehead atoms. The van der Waals surface area contributed by atoms with E-state index >= 15 is 0 Å². The van der Waals surface area contributed by atoms with Crippen LogP contribution < -0.4 is 10.5 Å². The fourth-order valence-corrected chi connectivity index (χ4v) is 4.60. The number of nitrogens with one attached hydrogen (secondary N) is 1. The Hall–Kier alpha value is -4.23. The number of carbonyl (C=O) groups is 1. The molecule has 1 aromatic heterocycles. The Morgan fingerprint density at radius 3 is 2.33 bits per heavy atom. The van der Waals surface area contributed by atoms with Gasteiger partial charge >= 0.3 is 0 Å². The second kappa shape index (κ2) is 9.79. The van der Waals surface area contributed by atoms with Crippen molar-refractivity contribution in [2.75, 3.05) is 38.1 Å². The van der Waals surface area contributed by atoms with E-state index in [1.54, 1.807) is 30.5 Å². The molecule has 0 saturated carbocycles. The number of carbonyl (C=O) groups excluding carboxylic acids is 1. The smallest absolute Gasteiger partial charge is 0.258 e. The number of hydrogen-bond acceptors (Lipinski definition) is 6. The number of pyridine rings is 1. The van der Waals surface area contributed by atoms with Gasteiger partial charge in [-0.2, -0.15) is 0 Å². The molecule has 4 aromatic rings. The minimum Gasteiger partial charge on any atom is -0.494 e. The van der Waals surface area contributed by atoms with E-state index in [9.17, 15) is 14.7 Å². The highest BCUT2D eigenvalue weighted by atomic mass is 16.3. The molecule has 0 unspecified atom stereocenters. The summed E-state index contributed by atoms with van der Waals surface area (Å²) in [6.45, 7) is 5.59. The van der Waals surface area contributed by atoms with Gasteiger partial charge in [0.25, 0.3) is 5.56 Å². The summed E-state index contributed by atoms with van der Waals surface area (Å²) < 4.78 is 0. The normalized spacial score (nSPS) is 14.6. The lowest BCUT2D eigenvalue weighted by Gasteiger charge is -2.34. The fraction of sp³-hybridized carbons (Fsp3) is 0.207. The van der Waals surface area contributed by atoms with Crippen LogP contribution in [0.1, 0.15) is 22.8 Å². The Morgan fingerprint density at radius 1 is 0.972 bits per heavy atom. The fourth-order valence-electron chi connectivity index (χ4n) is 4.60. The average Bonchev–Trinajstić information content (AvgIpc) is 2.89. The number of H-pyrrole nitrogens is 1. The predicted molar refractivity (Wildman–Crippen MR) is 145 cm³/mol. The lowest BCUT2D eigenvalue weighted by molar-refractivity contribution is 0.101. The van der Waals surface area contributed by atoms with Gasteiger partial charge in [0.1, 0.15) is 0 Å². The number of anilines is 1. The van der Waals surface area contributed by atoms with Gasteiger partial charge < -0.3 is 14.9 Å². The molecule has 182 valence electrons. The summed E-state index contributed by atoms with van der Waals surface area (Å²) in [7, 11) is 2.14. The number of aromatic hydroxyl groups is 1. The van der Waals surface area contributed by atoms with Crippen molar-refractivity contribution in [3.05, 3.63) is 88.2 Å². The largest absolute Gasteiger partial charge is 0.494 e. The van der Waals surface area contributed by atoms with Gasteiger partial charge in [0.2, 0.25) is 5.88 Å². The quantitative estimate of drug-likeness (QED) is 0.322. The van der Waals surface area contributed by atoms with Crippen LogP contribution >= 0.6 is 0 Å². The number of aliphatic imine (C=N–C) groups is 1. The summed E-state index contributed by atoms with van der Waals surface area (Å²) >= 11 is 0. The van der Waals surface area contributed by atoms with E-state index in [1.807, 2.05) is 30.3 Å². The molecule has 7 heteroatoms. The van der Waals surface area contributed by atoms with Crippen LogP contribution in [0, 0.1) is 0 Å². The van der Waals surface area contributed by atoms with Gasteiger partial charge in [0, 0.05) is 54.4 Å². The molecule has 0 atom stereocenters. The molecule has 0 amide bonds. The molecule has 2 heterocycles. The Labute approximate surface area is 209 Å². The van der Waals surface area contributed by atoms with Crippen molar-refractivity contribution in [3.63, 3.8) is 0 Å². The van der Waals surface area contributed by atoms with E-state index in [0.29, 0.717) is 21.9 Å². The molecule has 7 nitrogen and oxygen atoms in total. The summed E-state index contributed by atoms with van der Waals surface area (Å²) in [6.07, 6.45) is 1.59. The molecule has 36 heavy (non-hydrogen) atoms. The molecule has 1 saturated heterocycles. The zero-order valence-corrected chi connectivity index (χ0v) is 20.4. The molecular formula is C29H28N4O3. The topological polar surface area (TPSA) is 89.0 Å². The van der Waals surface area contributed by atoms with Gasteiger partial charge in [-0.15, -0.1) is 0 Å². The average molecular weight is 481 g/mol. The first-order valence-corrected chi connectivity index (χ1v) is 12.0. The molecule has 2 N–H and O–H groups in total. The lowest BCUT2D eigenvalue weighted by Crippen LogP contribution is -2.44. The van der Waals surface area contributed by atoms with Crippen LogP contribution in [0.25, 0.3) is 21.9 Å². The van der Waals surface area contributed by atoms with Gasteiger partial charge in [0.15, 0.2) is 5.78 Å². The maximum absolute atomic E-state index is 12.6. The first-order chi connectivity index (χ1) is 17.4. The number of benzene rings is 3. The van der Waals surface area contributed by atoms with E-state index in [4.69, 9.17) is 0 Å². The molecule has 0 aliphatic carbocycles. The van der Waals surface area contributed by atoms with Crippen molar-refractivity contribution >= 4 is 34.1 Å². The standard InChI is InChI=1S/C29H28N4O3/c1-19(34)20-6-8-21(9-7-20)24-4-3-5-25-27(24)26(29(36)31-28(25)35)18-30-22-10-12-23(13-11-22)33-16-14-32(2)15-17-33/h3-13,18H,14-17H2,1-2H3,(H2,31,35,36). The van der Waals surface area contributed by atoms with E-state index in [0.717, 1.165) is 48.7 Å². The number of likely N-dealkylation sites (N-methyl/N-ethyl adjacent to an activating group) is 1. The van der Waals surface area contributed by atoms with Gasteiger partial charge in [-0.3, -0.25) is 19.6 Å². The van der Waals surface area contributed by atoms with Crippen molar-refractivity contribution in [1.29, 1.82) is 0 Å². The van der Waals surface area contributed by atoms with Crippen molar-refractivity contribution in [3.8, 4) is 17.0 Å². The molecule has 1 aliphatic heterocycles. The highest BCUT2D eigenvalue weighted by molar-refractivity contribution is 6.09. The number of nitrogens with zero attached hydrogens (tertiary/aromatic N) is 3. The highest BCUT2D eigenvalue weighted by Crippen LogP contribution is 2.32. The summed E-state index contributed by atoms with van der Waals surface area (Å²) in [5, 5.41) is 11.7. The first kappa shape index (κ1) is 23.5. The minimum atomic E-state index is -0.376. The van der Waals surface area contributed by atoms with Crippen molar-refractivity contribution in [2.45, 2.75) is 6.92 Å². The Balaban J connectivity index is 1.52. The summed E-state index contributed by atoms with van der Waals surface area (Å²) in [4.78, 5) is 36.2. The van der Waals surface area contributed by atoms with Crippen LogP contribution in [0.5, 0.6) is 5.88 Å². The third-order valence-corrected chi connectivity index (χ3v) is 6.73. The van der Waals surface area contributed by atoms with E-state index < -0.39 is 0 Å². The van der Waals surface area contributed by atoms with Gasteiger partial charge in [-0.25, -0.2) is 0 Å². The number of piperazine rings is 1. The lowest BCUT2D eigenvalue weighted by atomic mass is 9.95. The molecule has 1 aliphatic rings. The molecule has 0 radical (unpaired) electrons. The number of hydrogen-bond donors (Lipinski definition) is 2.